The summed E-state index contributed by atoms with van der Waals surface area (Å²) in [4.78, 5) is 23.9. The molecule has 6 nitrogen and oxygen atoms in total. The SMILES string of the molecule is COC(=O)c1ccc(NC(=O)/C(C#N)=C/c2ccc(-c3ccc(Cl)c(Cl)c3)o2)cc1. The highest BCUT2D eigenvalue weighted by atomic mass is 35.5. The van der Waals surface area contributed by atoms with Gasteiger partial charge in [-0.15, -0.1) is 0 Å². The van der Waals surface area contributed by atoms with Crippen LogP contribution in [0.5, 0.6) is 0 Å². The predicted molar refractivity (Wildman–Crippen MR) is 114 cm³/mol. The molecule has 1 amide bonds. The summed E-state index contributed by atoms with van der Waals surface area (Å²) in [5.74, 6) is -0.267. The number of nitriles is 1. The Kier molecular flexibility index (Phi) is 6.58. The van der Waals surface area contributed by atoms with E-state index in [4.69, 9.17) is 27.6 Å². The van der Waals surface area contributed by atoms with E-state index in [2.05, 4.69) is 10.1 Å². The van der Waals surface area contributed by atoms with Crippen LogP contribution in [0.25, 0.3) is 17.4 Å². The van der Waals surface area contributed by atoms with Crippen molar-refractivity contribution in [3.63, 3.8) is 0 Å². The Balaban J connectivity index is 1.76. The van der Waals surface area contributed by atoms with Gasteiger partial charge in [-0.2, -0.15) is 5.26 Å². The first-order chi connectivity index (χ1) is 14.4. The van der Waals surface area contributed by atoms with Crippen LogP contribution >= 0.6 is 23.2 Å². The van der Waals surface area contributed by atoms with E-state index in [1.807, 2.05) is 6.07 Å². The number of anilines is 1. The van der Waals surface area contributed by atoms with Crippen molar-refractivity contribution < 1.29 is 18.7 Å². The topological polar surface area (TPSA) is 92.3 Å². The number of carbonyl (C=O) groups is 2. The molecule has 1 N–H and O–H groups in total. The molecule has 3 aromatic rings. The number of carbonyl (C=O) groups excluding carboxylic acids is 2. The molecule has 2 aromatic carbocycles. The molecule has 0 aliphatic carbocycles. The van der Waals surface area contributed by atoms with Crippen LogP contribution in [0.15, 0.2) is 64.6 Å². The maximum atomic E-state index is 12.4. The lowest BCUT2D eigenvalue weighted by Crippen LogP contribution is -2.13. The second kappa shape index (κ2) is 9.31. The van der Waals surface area contributed by atoms with Crippen molar-refractivity contribution in [2.45, 2.75) is 0 Å². The molecule has 30 heavy (non-hydrogen) atoms. The minimum absolute atomic E-state index is 0.151. The zero-order valence-electron chi connectivity index (χ0n) is 15.6. The van der Waals surface area contributed by atoms with E-state index in [9.17, 15) is 14.9 Å². The van der Waals surface area contributed by atoms with Crippen molar-refractivity contribution in [1.29, 1.82) is 5.26 Å². The largest absolute Gasteiger partial charge is 0.465 e. The number of nitrogens with one attached hydrogen (secondary N) is 1. The maximum Gasteiger partial charge on any atom is 0.337 e. The monoisotopic (exact) mass is 440 g/mol. The number of rotatable bonds is 5. The van der Waals surface area contributed by atoms with Crippen LogP contribution in [-0.2, 0) is 9.53 Å². The minimum Gasteiger partial charge on any atom is -0.465 e. The van der Waals surface area contributed by atoms with Gasteiger partial charge >= 0.3 is 5.97 Å². The number of methoxy groups -OCH3 is 1. The Morgan fingerprint density at radius 3 is 2.43 bits per heavy atom. The van der Waals surface area contributed by atoms with E-state index in [1.165, 1.54) is 37.5 Å². The van der Waals surface area contributed by atoms with Crippen molar-refractivity contribution in [2.24, 2.45) is 0 Å². The van der Waals surface area contributed by atoms with Gasteiger partial charge in [0.25, 0.3) is 5.91 Å². The summed E-state index contributed by atoms with van der Waals surface area (Å²) >= 11 is 11.9. The fourth-order valence-electron chi connectivity index (χ4n) is 2.53. The maximum absolute atomic E-state index is 12.4. The zero-order chi connectivity index (χ0) is 21.7. The van der Waals surface area contributed by atoms with Crippen molar-refractivity contribution in [3.8, 4) is 17.4 Å². The predicted octanol–water partition coefficient (Wildman–Crippen LogP) is 5.59. The number of hydrogen-bond acceptors (Lipinski definition) is 5. The zero-order valence-corrected chi connectivity index (χ0v) is 17.1. The van der Waals surface area contributed by atoms with Gasteiger partial charge in [0.1, 0.15) is 23.2 Å². The molecule has 1 aromatic heterocycles. The van der Waals surface area contributed by atoms with Gasteiger partial charge < -0.3 is 14.5 Å². The lowest BCUT2D eigenvalue weighted by Gasteiger charge is -2.05. The van der Waals surface area contributed by atoms with Crippen LogP contribution in [0.1, 0.15) is 16.1 Å². The molecule has 150 valence electrons. The fraction of sp³-hybridized carbons (Fsp3) is 0.0455. The number of esters is 1. The van der Waals surface area contributed by atoms with E-state index in [0.717, 1.165) is 0 Å². The van der Waals surface area contributed by atoms with Crippen molar-refractivity contribution >= 4 is 46.8 Å². The van der Waals surface area contributed by atoms with Gasteiger partial charge in [0, 0.05) is 17.3 Å². The Morgan fingerprint density at radius 2 is 1.80 bits per heavy atom. The summed E-state index contributed by atoms with van der Waals surface area (Å²) < 4.78 is 10.3. The lowest BCUT2D eigenvalue weighted by molar-refractivity contribution is -0.112. The number of ether oxygens (including phenoxy) is 1. The number of halogens is 2. The summed E-state index contributed by atoms with van der Waals surface area (Å²) in [6, 6.07) is 16.3. The standard InChI is InChI=1S/C22H14Cl2N2O4/c1-29-22(28)13-2-5-16(6-3-13)26-21(27)15(12-25)10-17-7-9-20(30-17)14-4-8-18(23)19(24)11-14/h2-11H,1H3,(H,26,27)/b15-10+. The van der Waals surface area contributed by atoms with E-state index < -0.39 is 11.9 Å². The third-order valence-electron chi connectivity index (χ3n) is 4.05. The molecule has 0 saturated heterocycles. The number of hydrogen-bond donors (Lipinski definition) is 1. The molecular formula is C22H14Cl2N2O4. The normalized spacial score (nSPS) is 10.9. The van der Waals surface area contributed by atoms with Crippen LogP contribution < -0.4 is 5.32 Å². The van der Waals surface area contributed by atoms with Crippen LogP contribution in [-0.4, -0.2) is 19.0 Å². The smallest absolute Gasteiger partial charge is 0.337 e. The number of furan rings is 1. The summed E-state index contributed by atoms with van der Waals surface area (Å²) in [5.41, 5.74) is 1.32. The minimum atomic E-state index is -0.615. The molecule has 0 unspecified atom stereocenters. The summed E-state index contributed by atoms with van der Waals surface area (Å²) in [5, 5.41) is 12.8. The highest BCUT2D eigenvalue weighted by molar-refractivity contribution is 6.42. The fourth-order valence-corrected chi connectivity index (χ4v) is 2.83. The van der Waals surface area contributed by atoms with E-state index in [0.29, 0.717) is 38.4 Å². The Bertz CT molecular complexity index is 1170. The number of nitrogens with zero attached hydrogens (tertiary/aromatic N) is 1. The highest BCUT2D eigenvalue weighted by Gasteiger charge is 2.13. The van der Waals surface area contributed by atoms with Gasteiger partial charge in [-0.3, -0.25) is 4.79 Å². The molecule has 8 heteroatoms. The molecule has 3 rings (SSSR count). The van der Waals surface area contributed by atoms with E-state index in [1.54, 1.807) is 30.3 Å². The summed E-state index contributed by atoms with van der Waals surface area (Å²) in [6.45, 7) is 0. The highest BCUT2D eigenvalue weighted by Crippen LogP contribution is 2.30. The molecule has 0 atom stereocenters. The number of amides is 1. The van der Waals surface area contributed by atoms with Gasteiger partial charge in [-0.1, -0.05) is 23.2 Å². The summed E-state index contributed by atoms with van der Waals surface area (Å²) in [7, 11) is 1.28. The Hall–Kier alpha value is -3.53. The summed E-state index contributed by atoms with van der Waals surface area (Å²) in [6.07, 6.45) is 1.33. The first-order valence-electron chi connectivity index (χ1n) is 8.58. The van der Waals surface area contributed by atoms with Crippen LogP contribution in [0.4, 0.5) is 5.69 Å². The molecule has 0 spiro atoms. The third kappa shape index (κ3) is 4.90. The van der Waals surface area contributed by atoms with Crippen LogP contribution in [0.2, 0.25) is 10.0 Å². The molecule has 0 aliphatic heterocycles. The quantitative estimate of drug-likeness (QED) is 0.317. The molecule has 0 bridgehead atoms. The van der Waals surface area contributed by atoms with Gasteiger partial charge in [0.15, 0.2) is 0 Å². The molecule has 0 fully saturated rings. The first kappa shape index (κ1) is 21.2. The average Bonchev–Trinajstić information content (AvgIpc) is 3.22. The number of benzene rings is 2. The molecule has 0 saturated carbocycles. The molecule has 1 heterocycles. The van der Waals surface area contributed by atoms with E-state index >= 15 is 0 Å². The van der Waals surface area contributed by atoms with Crippen molar-refractivity contribution in [3.05, 3.63) is 81.5 Å². The van der Waals surface area contributed by atoms with Crippen molar-refractivity contribution in [1.82, 2.24) is 0 Å². The Morgan fingerprint density at radius 1 is 1.07 bits per heavy atom. The lowest BCUT2D eigenvalue weighted by atomic mass is 10.2. The Labute approximate surface area is 182 Å². The van der Waals surface area contributed by atoms with Gasteiger partial charge in [-0.25, -0.2) is 4.79 Å². The van der Waals surface area contributed by atoms with Crippen LogP contribution in [0, 0.1) is 11.3 Å². The third-order valence-corrected chi connectivity index (χ3v) is 4.79. The van der Waals surface area contributed by atoms with E-state index in [-0.39, 0.29) is 5.57 Å². The second-order valence-corrected chi connectivity index (χ2v) is 6.84. The molecule has 0 radical (unpaired) electrons. The van der Waals surface area contributed by atoms with Gasteiger partial charge in [0.2, 0.25) is 0 Å². The average molecular weight is 441 g/mol. The van der Waals surface area contributed by atoms with Crippen LogP contribution in [0.3, 0.4) is 0 Å². The van der Waals surface area contributed by atoms with Crippen molar-refractivity contribution in [2.75, 3.05) is 12.4 Å². The molecule has 0 aliphatic rings. The van der Waals surface area contributed by atoms with Gasteiger partial charge in [0.05, 0.1) is 22.7 Å². The van der Waals surface area contributed by atoms with Gasteiger partial charge in [-0.05, 0) is 54.6 Å². The second-order valence-electron chi connectivity index (χ2n) is 6.02. The first-order valence-corrected chi connectivity index (χ1v) is 9.33. The molecular weight excluding hydrogens is 427 g/mol.